The minimum Gasteiger partial charge on any atom is -0.432 e. The zero-order chi connectivity index (χ0) is 15.5. The van der Waals surface area contributed by atoms with E-state index in [1.165, 1.54) is 6.42 Å². The largest absolute Gasteiger partial charge is 0.432 e. The number of carbonyl (C=O) groups excluding carboxylic acids is 1. The summed E-state index contributed by atoms with van der Waals surface area (Å²) in [5.74, 6) is 0.736. The van der Waals surface area contributed by atoms with Crippen molar-refractivity contribution in [1.82, 2.24) is 0 Å². The molecular weight excluding hydrogens is 280 g/mol. The van der Waals surface area contributed by atoms with Crippen LogP contribution in [-0.2, 0) is 19.0 Å². The lowest BCUT2D eigenvalue weighted by Gasteiger charge is -2.56. The molecule has 4 rings (SSSR count). The van der Waals surface area contributed by atoms with Crippen molar-refractivity contribution in [3.63, 3.8) is 0 Å². The molecule has 2 bridgehead atoms. The van der Waals surface area contributed by atoms with Crippen molar-refractivity contribution in [1.29, 1.82) is 0 Å². The molecule has 4 fully saturated rings. The third-order valence-electron chi connectivity index (χ3n) is 6.69. The Morgan fingerprint density at radius 1 is 1.23 bits per heavy atom. The molecule has 3 aliphatic heterocycles. The highest BCUT2D eigenvalue weighted by atomic mass is 16.8. The predicted octanol–water partition coefficient (Wildman–Crippen LogP) is 3.63. The van der Waals surface area contributed by atoms with E-state index >= 15 is 0 Å². The lowest BCUT2D eigenvalue weighted by molar-refractivity contribution is -0.265. The molecule has 0 aromatic rings. The fourth-order valence-corrected chi connectivity index (χ4v) is 5.62. The number of carbonyl (C=O) groups is 1. The van der Waals surface area contributed by atoms with Gasteiger partial charge in [-0.1, -0.05) is 26.7 Å². The first-order chi connectivity index (χ1) is 10.5. The van der Waals surface area contributed by atoms with Gasteiger partial charge in [0.25, 0.3) is 0 Å². The van der Waals surface area contributed by atoms with Crippen LogP contribution < -0.4 is 0 Å². The summed E-state index contributed by atoms with van der Waals surface area (Å²) in [4.78, 5) is 12.6. The summed E-state index contributed by atoms with van der Waals surface area (Å²) in [7, 11) is 0. The molecule has 0 amide bonds. The summed E-state index contributed by atoms with van der Waals surface area (Å²) in [6, 6.07) is 0. The molecule has 0 N–H and O–H groups in total. The summed E-state index contributed by atoms with van der Waals surface area (Å²) in [6.07, 6.45) is 6.93. The molecule has 3 heterocycles. The van der Waals surface area contributed by atoms with Crippen molar-refractivity contribution >= 4 is 5.97 Å². The van der Waals surface area contributed by atoms with E-state index in [9.17, 15) is 4.79 Å². The number of rotatable bonds is 3. The average Bonchev–Trinajstić information content (AvgIpc) is 2.69. The number of ether oxygens (including phenoxy) is 3. The number of unbranched alkanes of at least 4 members (excludes halogenated alkanes) is 1. The molecule has 22 heavy (non-hydrogen) atoms. The Bertz CT molecular complexity index is 478. The molecule has 1 aliphatic carbocycles. The molecule has 4 heteroatoms. The number of hydrogen-bond acceptors (Lipinski definition) is 4. The number of esters is 1. The van der Waals surface area contributed by atoms with Crippen LogP contribution in [-0.4, -0.2) is 23.6 Å². The van der Waals surface area contributed by atoms with Gasteiger partial charge in [0.15, 0.2) is 5.79 Å². The Balaban J connectivity index is 1.73. The Labute approximate surface area is 132 Å². The van der Waals surface area contributed by atoms with E-state index in [1.54, 1.807) is 0 Å². The molecule has 1 saturated carbocycles. The van der Waals surface area contributed by atoms with E-state index < -0.39 is 12.1 Å². The summed E-state index contributed by atoms with van der Waals surface area (Å²) in [6.45, 7) is 6.52. The molecule has 0 unspecified atom stereocenters. The van der Waals surface area contributed by atoms with Gasteiger partial charge in [0.05, 0.1) is 5.92 Å². The van der Waals surface area contributed by atoms with Gasteiger partial charge >= 0.3 is 5.97 Å². The van der Waals surface area contributed by atoms with Crippen LogP contribution in [0.1, 0.15) is 65.7 Å². The van der Waals surface area contributed by atoms with Gasteiger partial charge < -0.3 is 14.2 Å². The summed E-state index contributed by atoms with van der Waals surface area (Å²) >= 11 is 0. The molecule has 0 aromatic carbocycles. The van der Waals surface area contributed by atoms with Crippen molar-refractivity contribution < 1.29 is 19.0 Å². The van der Waals surface area contributed by atoms with E-state index in [2.05, 4.69) is 13.8 Å². The van der Waals surface area contributed by atoms with Crippen molar-refractivity contribution in [2.75, 3.05) is 0 Å². The van der Waals surface area contributed by atoms with Gasteiger partial charge in [-0.2, -0.15) is 0 Å². The maximum Gasteiger partial charge on any atom is 0.311 e. The van der Waals surface area contributed by atoms with E-state index in [4.69, 9.17) is 14.2 Å². The molecule has 1 spiro atoms. The SMILES string of the molecule is CCCC[C@H]1C(=O)O[C@@H]2O[C@@]3(C)CC[C@H]4[C@H](C)CC[C@@H]1[C@@]24O3. The zero-order valence-electron chi connectivity index (χ0n) is 14.0. The van der Waals surface area contributed by atoms with Crippen molar-refractivity contribution in [2.24, 2.45) is 23.7 Å². The molecular formula is C18H28O4. The van der Waals surface area contributed by atoms with Crippen LogP contribution >= 0.6 is 0 Å². The maximum absolute atomic E-state index is 12.6. The van der Waals surface area contributed by atoms with Crippen molar-refractivity contribution in [2.45, 2.75) is 83.4 Å². The smallest absolute Gasteiger partial charge is 0.311 e. The standard InChI is InChI=1S/C18H28O4/c1-4-5-6-12-14-8-7-11(2)13-9-10-17(3)21-16(20-15(12)19)18(13,14)22-17/h11-14,16H,4-10H2,1-3H3/t11-,12-,13+,14+,16-,17-,18-/m1/s1. The lowest BCUT2D eigenvalue weighted by Crippen LogP contribution is -2.65. The second-order valence-electron chi connectivity index (χ2n) is 8.03. The summed E-state index contributed by atoms with van der Waals surface area (Å²) in [5, 5.41) is 0. The summed E-state index contributed by atoms with van der Waals surface area (Å²) < 4.78 is 18.5. The second kappa shape index (κ2) is 4.94. The molecule has 3 saturated heterocycles. The highest BCUT2D eigenvalue weighted by molar-refractivity contribution is 5.74. The molecule has 0 aromatic heterocycles. The van der Waals surface area contributed by atoms with Crippen LogP contribution in [0.4, 0.5) is 0 Å². The van der Waals surface area contributed by atoms with Gasteiger partial charge in [0.1, 0.15) is 5.60 Å². The van der Waals surface area contributed by atoms with E-state index in [1.807, 2.05) is 6.92 Å². The predicted molar refractivity (Wildman–Crippen MR) is 80.8 cm³/mol. The fraction of sp³-hybridized carbons (Fsp3) is 0.944. The van der Waals surface area contributed by atoms with Crippen molar-refractivity contribution in [3.8, 4) is 0 Å². The monoisotopic (exact) mass is 308 g/mol. The minimum atomic E-state index is -0.559. The molecule has 7 atom stereocenters. The average molecular weight is 308 g/mol. The van der Waals surface area contributed by atoms with Crippen molar-refractivity contribution in [3.05, 3.63) is 0 Å². The first kappa shape index (κ1) is 14.9. The van der Waals surface area contributed by atoms with Crippen LogP contribution in [0.5, 0.6) is 0 Å². The normalized spacial score (nSPS) is 53.0. The Morgan fingerprint density at radius 3 is 2.82 bits per heavy atom. The maximum atomic E-state index is 12.6. The number of hydrogen-bond donors (Lipinski definition) is 0. The topological polar surface area (TPSA) is 44.8 Å². The highest BCUT2D eigenvalue weighted by Crippen LogP contribution is 2.63. The lowest BCUT2D eigenvalue weighted by atomic mass is 9.56. The van der Waals surface area contributed by atoms with Crippen LogP contribution in [0.15, 0.2) is 0 Å². The molecule has 124 valence electrons. The van der Waals surface area contributed by atoms with Gasteiger partial charge in [-0.05, 0) is 44.4 Å². The Kier molecular flexibility index (Phi) is 3.36. The van der Waals surface area contributed by atoms with E-state index in [0.29, 0.717) is 11.8 Å². The van der Waals surface area contributed by atoms with Gasteiger partial charge in [0, 0.05) is 12.3 Å². The van der Waals surface area contributed by atoms with Gasteiger partial charge in [-0.3, -0.25) is 4.79 Å². The van der Waals surface area contributed by atoms with E-state index in [-0.39, 0.29) is 23.4 Å². The Hall–Kier alpha value is -0.610. The van der Waals surface area contributed by atoms with Crippen LogP contribution in [0.3, 0.4) is 0 Å². The molecule has 4 aliphatic rings. The minimum absolute atomic E-state index is 0.00440. The van der Waals surface area contributed by atoms with Gasteiger partial charge in [0.2, 0.25) is 6.29 Å². The Morgan fingerprint density at radius 2 is 2.05 bits per heavy atom. The first-order valence-electron chi connectivity index (χ1n) is 9.08. The first-order valence-corrected chi connectivity index (χ1v) is 9.08. The third-order valence-corrected chi connectivity index (χ3v) is 6.69. The quantitative estimate of drug-likeness (QED) is 0.747. The zero-order valence-corrected chi connectivity index (χ0v) is 14.0. The molecule has 4 nitrogen and oxygen atoms in total. The van der Waals surface area contributed by atoms with Crippen LogP contribution in [0.25, 0.3) is 0 Å². The molecule has 0 radical (unpaired) electrons. The fourth-order valence-electron chi connectivity index (χ4n) is 5.62. The van der Waals surface area contributed by atoms with E-state index in [0.717, 1.165) is 38.5 Å². The summed E-state index contributed by atoms with van der Waals surface area (Å²) in [5.41, 5.74) is -0.378. The second-order valence-corrected chi connectivity index (χ2v) is 8.03. The van der Waals surface area contributed by atoms with Gasteiger partial charge in [-0.15, -0.1) is 0 Å². The highest BCUT2D eigenvalue weighted by Gasteiger charge is 2.72. The number of fused-ring (bicyclic) bond motifs is 1. The third kappa shape index (κ3) is 1.86. The van der Waals surface area contributed by atoms with Gasteiger partial charge in [-0.25, -0.2) is 0 Å². The van der Waals surface area contributed by atoms with Crippen LogP contribution in [0, 0.1) is 23.7 Å². The van der Waals surface area contributed by atoms with Crippen LogP contribution in [0.2, 0.25) is 0 Å².